The van der Waals surface area contributed by atoms with E-state index in [0.29, 0.717) is 28.7 Å². The molecule has 0 bridgehead atoms. The van der Waals surface area contributed by atoms with E-state index in [-0.39, 0.29) is 17.5 Å². The van der Waals surface area contributed by atoms with E-state index in [1.165, 1.54) is 23.9 Å². The van der Waals surface area contributed by atoms with Crippen LogP contribution in [0.2, 0.25) is 0 Å². The topological polar surface area (TPSA) is 64.1 Å². The second kappa shape index (κ2) is 9.27. The van der Waals surface area contributed by atoms with Gasteiger partial charge in [-0.2, -0.15) is 4.98 Å². The third-order valence-corrected chi connectivity index (χ3v) is 6.55. The average molecular weight is 472 g/mol. The van der Waals surface area contributed by atoms with E-state index < -0.39 is 0 Å². The van der Waals surface area contributed by atoms with Gasteiger partial charge in [0.2, 0.25) is 11.8 Å². The smallest absolute Gasteiger partial charge is 0.234 e. The lowest BCUT2D eigenvalue weighted by atomic mass is 10.0. The summed E-state index contributed by atoms with van der Waals surface area (Å²) in [5.74, 6) is 1.42. The summed E-state index contributed by atoms with van der Waals surface area (Å²) in [6.07, 6.45) is 0.609. The molecule has 1 N–H and O–H groups in total. The summed E-state index contributed by atoms with van der Waals surface area (Å²) >= 11 is 1.34. The van der Waals surface area contributed by atoms with Crippen LogP contribution < -0.4 is 10.1 Å². The average Bonchev–Trinajstić information content (AvgIpc) is 2.82. The Morgan fingerprint density at radius 2 is 1.85 bits per heavy atom. The molecule has 0 spiro atoms. The largest absolute Gasteiger partial charge is 0.438 e. The van der Waals surface area contributed by atoms with Crippen LogP contribution in [0.3, 0.4) is 0 Å². The van der Waals surface area contributed by atoms with Crippen molar-refractivity contribution in [3.05, 3.63) is 94.8 Å². The lowest BCUT2D eigenvalue weighted by Crippen LogP contribution is -2.15. The zero-order valence-electron chi connectivity index (χ0n) is 18.8. The molecule has 3 aromatic carbocycles. The fourth-order valence-electron chi connectivity index (χ4n) is 3.87. The van der Waals surface area contributed by atoms with Crippen LogP contribution in [-0.2, 0) is 11.2 Å². The number of carbonyl (C=O) groups excluding carboxylic acids is 1. The van der Waals surface area contributed by atoms with Gasteiger partial charge in [0.15, 0.2) is 5.82 Å². The van der Waals surface area contributed by atoms with E-state index in [4.69, 9.17) is 9.72 Å². The van der Waals surface area contributed by atoms with Crippen LogP contribution in [0.25, 0.3) is 11.4 Å². The van der Waals surface area contributed by atoms with Gasteiger partial charge in [-0.1, -0.05) is 42.1 Å². The predicted molar refractivity (Wildman–Crippen MR) is 132 cm³/mol. The normalized spacial score (nSPS) is 11.9. The van der Waals surface area contributed by atoms with Crippen molar-refractivity contribution in [1.29, 1.82) is 0 Å². The molecule has 0 fully saturated rings. The number of aromatic nitrogens is 2. The first kappa shape index (κ1) is 22.1. The van der Waals surface area contributed by atoms with Crippen LogP contribution >= 0.6 is 11.8 Å². The quantitative estimate of drug-likeness (QED) is 0.240. The molecule has 0 aliphatic carbocycles. The van der Waals surface area contributed by atoms with Crippen molar-refractivity contribution in [3.8, 4) is 23.0 Å². The van der Waals surface area contributed by atoms with Gasteiger partial charge in [0, 0.05) is 17.7 Å². The number of hydrogen-bond acceptors (Lipinski definition) is 5. The van der Waals surface area contributed by atoms with Crippen molar-refractivity contribution >= 4 is 23.4 Å². The molecule has 170 valence electrons. The Kier molecular flexibility index (Phi) is 6.02. The summed E-state index contributed by atoms with van der Waals surface area (Å²) in [6.45, 7) is 3.98. The standard InChI is InChI=1S/C27H22FN3O2S/c1-16-5-3-8-21(13-16)29-23(32)15-34-27-22-14-19-7-4-6-17(2)24(19)33-26(22)30-25(31-27)18-9-11-20(28)12-10-18/h3-13H,14-15H2,1-2H3,(H,29,32). The number of carbonyl (C=O) groups is 1. The molecular formula is C27H22FN3O2S. The Labute approximate surface area is 201 Å². The fourth-order valence-corrected chi connectivity index (χ4v) is 4.69. The number of hydrogen-bond donors (Lipinski definition) is 1. The molecule has 5 nitrogen and oxygen atoms in total. The zero-order valence-corrected chi connectivity index (χ0v) is 19.6. The predicted octanol–water partition coefficient (Wildman–Crippen LogP) is 6.33. The molecule has 1 aromatic heterocycles. The highest BCUT2D eigenvalue weighted by molar-refractivity contribution is 8.00. The van der Waals surface area contributed by atoms with Gasteiger partial charge in [0.05, 0.1) is 11.3 Å². The van der Waals surface area contributed by atoms with Crippen molar-refractivity contribution in [3.63, 3.8) is 0 Å². The number of amides is 1. The molecule has 0 saturated heterocycles. The molecule has 1 aliphatic rings. The fraction of sp³-hybridized carbons (Fsp3) is 0.148. The monoisotopic (exact) mass is 471 g/mol. The van der Waals surface area contributed by atoms with E-state index in [0.717, 1.165) is 33.7 Å². The number of ether oxygens (including phenoxy) is 1. The number of fused-ring (bicyclic) bond motifs is 2. The Balaban J connectivity index is 1.46. The van der Waals surface area contributed by atoms with Gasteiger partial charge in [-0.05, 0) is 66.9 Å². The number of para-hydroxylation sites is 1. The van der Waals surface area contributed by atoms with Crippen LogP contribution in [0.5, 0.6) is 11.6 Å². The van der Waals surface area contributed by atoms with E-state index in [2.05, 4.69) is 10.3 Å². The molecule has 0 radical (unpaired) electrons. The Morgan fingerprint density at radius 3 is 2.65 bits per heavy atom. The summed E-state index contributed by atoms with van der Waals surface area (Å²) in [7, 11) is 0. The van der Waals surface area contributed by atoms with Gasteiger partial charge < -0.3 is 10.1 Å². The summed E-state index contributed by atoms with van der Waals surface area (Å²) in [6, 6.07) is 19.7. The number of halogens is 1. The maximum Gasteiger partial charge on any atom is 0.234 e. The Hall–Kier alpha value is -3.71. The SMILES string of the molecule is Cc1cccc(NC(=O)CSc2nc(-c3ccc(F)cc3)nc3c2Cc2cccc(C)c2O3)c1. The van der Waals surface area contributed by atoms with E-state index in [1.54, 1.807) is 12.1 Å². The van der Waals surface area contributed by atoms with Crippen LogP contribution in [0, 0.1) is 19.7 Å². The molecule has 5 rings (SSSR count). The first-order valence-electron chi connectivity index (χ1n) is 10.9. The minimum Gasteiger partial charge on any atom is -0.438 e. The lowest BCUT2D eigenvalue weighted by Gasteiger charge is -2.23. The van der Waals surface area contributed by atoms with Crippen molar-refractivity contribution in [2.45, 2.75) is 25.3 Å². The molecular weight excluding hydrogens is 449 g/mol. The molecule has 34 heavy (non-hydrogen) atoms. The molecule has 1 amide bonds. The first-order valence-corrected chi connectivity index (χ1v) is 11.9. The van der Waals surface area contributed by atoms with Gasteiger partial charge in [0.1, 0.15) is 16.6 Å². The van der Waals surface area contributed by atoms with Crippen LogP contribution in [0.4, 0.5) is 10.1 Å². The summed E-state index contributed by atoms with van der Waals surface area (Å²) in [4.78, 5) is 22.0. The maximum atomic E-state index is 13.5. The highest BCUT2D eigenvalue weighted by Crippen LogP contribution is 2.41. The van der Waals surface area contributed by atoms with Gasteiger partial charge in [-0.3, -0.25) is 4.79 Å². The number of rotatable bonds is 5. The zero-order chi connectivity index (χ0) is 23.7. The second-order valence-corrected chi connectivity index (χ2v) is 9.16. The molecule has 1 aliphatic heterocycles. The van der Waals surface area contributed by atoms with Gasteiger partial charge >= 0.3 is 0 Å². The van der Waals surface area contributed by atoms with Crippen LogP contribution in [0.15, 0.2) is 71.8 Å². The number of benzene rings is 3. The summed E-state index contributed by atoms with van der Waals surface area (Å²) < 4.78 is 19.7. The third kappa shape index (κ3) is 4.65. The van der Waals surface area contributed by atoms with Gasteiger partial charge in [-0.15, -0.1) is 0 Å². The van der Waals surface area contributed by atoms with Gasteiger partial charge in [-0.25, -0.2) is 9.37 Å². The minimum atomic E-state index is -0.329. The van der Waals surface area contributed by atoms with Crippen molar-refractivity contribution < 1.29 is 13.9 Å². The molecule has 0 saturated carbocycles. The molecule has 7 heteroatoms. The minimum absolute atomic E-state index is 0.126. The number of nitrogens with zero attached hydrogens (tertiary/aromatic N) is 2. The highest BCUT2D eigenvalue weighted by Gasteiger charge is 2.25. The number of nitrogens with one attached hydrogen (secondary N) is 1. The highest BCUT2D eigenvalue weighted by atomic mass is 32.2. The van der Waals surface area contributed by atoms with Crippen LogP contribution in [-0.4, -0.2) is 21.6 Å². The molecule has 0 atom stereocenters. The summed E-state index contributed by atoms with van der Waals surface area (Å²) in [5, 5.41) is 3.61. The second-order valence-electron chi connectivity index (χ2n) is 8.19. The third-order valence-electron chi connectivity index (χ3n) is 5.53. The van der Waals surface area contributed by atoms with Crippen molar-refractivity contribution in [2.75, 3.05) is 11.1 Å². The van der Waals surface area contributed by atoms with Gasteiger partial charge in [0.25, 0.3) is 0 Å². The number of thioether (sulfide) groups is 1. The number of anilines is 1. The maximum absolute atomic E-state index is 13.5. The first-order chi connectivity index (χ1) is 16.5. The van der Waals surface area contributed by atoms with E-state index >= 15 is 0 Å². The summed E-state index contributed by atoms with van der Waals surface area (Å²) in [5.41, 5.74) is 5.43. The van der Waals surface area contributed by atoms with Crippen LogP contribution in [0.1, 0.15) is 22.3 Å². The Bertz CT molecular complexity index is 1390. The Morgan fingerprint density at radius 1 is 1.06 bits per heavy atom. The van der Waals surface area contributed by atoms with E-state index in [1.807, 2.05) is 56.3 Å². The molecule has 4 aromatic rings. The lowest BCUT2D eigenvalue weighted by molar-refractivity contribution is -0.113. The molecule has 0 unspecified atom stereocenters. The van der Waals surface area contributed by atoms with Crippen molar-refractivity contribution in [2.24, 2.45) is 0 Å². The molecule has 2 heterocycles. The van der Waals surface area contributed by atoms with Crippen molar-refractivity contribution in [1.82, 2.24) is 9.97 Å². The number of aryl methyl sites for hydroxylation is 2. The van der Waals surface area contributed by atoms with E-state index in [9.17, 15) is 9.18 Å².